The van der Waals surface area contributed by atoms with Crippen molar-refractivity contribution in [1.82, 2.24) is 10.2 Å². The third kappa shape index (κ3) is 2.00. The molecule has 3 nitrogen and oxygen atoms in total. The molecule has 2 atom stereocenters. The van der Waals surface area contributed by atoms with Gasteiger partial charge in [-0.05, 0) is 19.8 Å². The Kier molecular flexibility index (Phi) is 2.81. The molecule has 0 radical (unpaired) electrons. The number of halogens is 1. The molecule has 72 valence electrons. The van der Waals surface area contributed by atoms with E-state index in [1.54, 1.807) is 11.3 Å². The van der Waals surface area contributed by atoms with Gasteiger partial charge in [0.05, 0.1) is 5.38 Å². The molecular weight excluding hydrogens is 208 g/mol. The first-order chi connectivity index (χ1) is 6.27. The topological polar surface area (TPSA) is 35.0 Å². The number of nitrogens with zero attached hydrogens (tertiary/aromatic N) is 2. The zero-order valence-corrected chi connectivity index (χ0v) is 8.94. The maximum Gasteiger partial charge on any atom is 0.146 e. The summed E-state index contributed by atoms with van der Waals surface area (Å²) >= 11 is 7.45. The van der Waals surface area contributed by atoms with E-state index in [2.05, 4.69) is 10.2 Å². The number of aromatic nitrogens is 2. The van der Waals surface area contributed by atoms with Crippen LogP contribution in [0.3, 0.4) is 0 Å². The molecule has 5 heteroatoms. The van der Waals surface area contributed by atoms with E-state index in [0.29, 0.717) is 0 Å². The maximum atomic E-state index is 5.89. The van der Waals surface area contributed by atoms with E-state index in [1.807, 2.05) is 6.92 Å². The van der Waals surface area contributed by atoms with Gasteiger partial charge in [0.15, 0.2) is 0 Å². The van der Waals surface area contributed by atoms with E-state index in [0.717, 1.165) is 29.5 Å². The van der Waals surface area contributed by atoms with E-state index in [9.17, 15) is 0 Å². The Labute approximate surface area is 86.1 Å². The molecule has 1 aliphatic rings. The number of alkyl halides is 1. The number of rotatable bonds is 2. The second-order valence-corrected chi connectivity index (χ2v) is 4.79. The Bertz CT molecular complexity index is 283. The highest BCUT2D eigenvalue weighted by Crippen LogP contribution is 2.32. The lowest BCUT2D eigenvalue weighted by Crippen LogP contribution is -1.93. The number of hydrogen-bond donors (Lipinski definition) is 0. The fourth-order valence-corrected chi connectivity index (χ4v) is 2.34. The first-order valence-electron chi connectivity index (χ1n) is 4.36. The molecule has 2 unspecified atom stereocenters. The van der Waals surface area contributed by atoms with Crippen LogP contribution in [0.5, 0.6) is 0 Å². The second-order valence-electron chi connectivity index (χ2n) is 3.10. The van der Waals surface area contributed by atoms with E-state index in [-0.39, 0.29) is 11.5 Å². The molecule has 0 bridgehead atoms. The molecule has 0 aliphatic carbocycles. The molecule has 1 aromatic heterocycles. The molecule has 1 aromatic rings. The van der Waals surface area contributed by atoms with E-state index < -0.39 is 0 Å². The second kappa shape index (κ2) is 3.90. The molecule has 1 aliphatic heterocycles. The van der Waals surface area contributed by atoms with E-state index in [1.165, 1.54) is 0 Å². The van der Waals surface area contributed by atoms with Gasteiger partial charge >= 0.3 is 0 Å². The van der Waals surface area contributed by atoms with Gasteiger partial charge < -0.3 is 4.74 Å². The Morgan fingerprint density at radius 1 is 1.62 bits per heavy atom. The third-order valence-corrected chi connectivity index (χ3v) is 3.54. The summed E-state index contributed by atoms with van der Waals surface area (Å²) in [5.41, 5.74) is 0. The van der Waals surface area contributed by atoms with Gasteiger partial charge in [-0.1, -0.05) is 11.3 Å². The summed E-state index contributed by atoms with van der Waals surface area (Å²) in [6, 6.07) is 0. The Morgan fingerprint density at radius 3 is 3.00 bits per heavy atom. The largest absolute Gasteiger partial charge is 0.371 e. The lowest BCUT2D eigenvalue weighted by Gasteiger charge is -2.02. The minimum atomic E-state index is -0.0485. The van der Waals surface area contributed by atoms with Crippen LogP contribution in [-0.2, 0) is 4.74 Å². The quantitative estimate of drug-likeness (QED) is 0.716. The molecule has 0 amide bonds. The average molecular weight is 219 g/mol. The van der Waals surface area contributed by atoms with Gasteiger partial charge in [0, 0.05) is 6.61 Å². The summed E-state index contributed by atoms with van der Waals surface area (Å²) < 4.78 is 5.50. The highest BCUT2D eigenvalue weighted by Gasteiger charge is 2.22. The third-order valence-electron chi connectivity index (χ3n) is 2.00. The van der Waals surface area contributed by atoms with Crippen molar-refractivity contribution < 1.29 is 4.74 Å². The van der Waals surface area contributed by atoms with Crippen molar-refractivity contribution in [2.45, 2.75) is 31.2 Å². The van der Waals surface area contributed by atoms with Crippen LogP contribution < -0.4 is 0 Å². The van der Waals surface area contributed by atoms with Gasteiger partial charge in [-0.3, -0.25) is 0 Å². The Balaban J connectivity index is 2.12. The van der Waals surface area contributed by atoms with Gasteiger partial charge in [-0.25, -0.2) is 0 Å². The molecule has 13 heavy (non-hydrogen) atoms. The van der Waals surface area contributed by atoms with Gasteiger partial charge in [-0.2, -0.15) is 0 Å². The minimum Gasteiger partial charge on any atom is -0.371 e. The van der Waals surface area contributed by atoms with Crippen molar-refractivity contribution in [3.8, 4) is 0 Å². The van der Waals surface area contributed by atoms with E-state index >= 15 is 0 Å². The zero-order valence-electron chi connectivity index (χ0n) is 7.36. The number of hydrogen-bond acceptors (Lipinski definition) is 4. The summed E-state index contributed by atoms with van der Waals surface area (Å²) in [6.07, 6.45) is 2.35. The first kappa shape index (κ1) is 9.37. The molecule has 0 aromatic carbocycles. The molecule has 1 fully saturated rings. The Morgan fingerprint density at radius 2 is 2.46 bits per heavy atom. The summed E-state index contributed by atoms with van der Waals surface area (Å²) in [4.78, 5) is 0. The lowest BCUT2D eigenvalue weighted by molar-refractivity contribution is 0.111. The Hall–Kier alpha value is -0.190. The average Bonchev–Trinajstić information content (AvgIpc) is 2.75. The zero-order chi connectivity index (χ0) is 9.26. The van der Waals surface area contributed by atoms with Crippen molar-refractivity contribution in [2.24, 2.45) is 0 Å². The van der Waals surface area contributed by atoms with Crippen LogP contribution >= 0.6 is 22.9 Å². The predicted octanol–water partition coefficient (Wildman–Crippen LogP) is 2.69. The monoisotopic (exact) mass is 218 g/mol. The SMILES string of the molecule is CC(Cl)c1nnc(C2CCCO2)s1. The highest BCUT2D eigenvalue weighted by molar-refractivity contribution is 7.11. The smallest absolute Gasteiger partial charge is 0.146 e. The van der Waals surface area contributed by atoms with Gasteiger partial charge in [0.25, 0.3) is 0 Å². The van der Waals surface area contributed by atoms with Crippen LogP contribution in [-0.4, -0.2) is 16.8 Å². The molecular formula is C8H11ClN2OS. The van der Waals surface area contributed by atoms with Crippen molar-refractivity contribution in [1.29, 1.82) is 0 Å². The molecule has 0 saturated carbocycles. The van der Waals surface area contributed by atoms with Crippen molar-refractivity contribution in [3.63, 3.8) is 0 Å². The predicted molar refractivity (Wildman–Crippen MR) is 52.1 cm³/mol. The summed E-state index contributed by atoms with van der Waals surface area (Å²) in [7, 11) is 0. The van der Waals surface area contributed by atoms with Gasteiger partial charge in [0.2, 0.25) is 0 Å². The van der Waals surface area contributed by atoms with Crippen LogP contribution in [0.1, 0.15) is 41.3 Å². The summed E-state index contributed by atoms with van der Waals surface area (Å²) in [5.74, 6) is 0. The van der Waals surface area contributed by atoms with Gasteiger partial charge in [-0.15, -0.1) is 21.8 Å². The molecule has 2 heterocycles. The number of ether oxygens (including phenoxy) is 1. The minimum absolute atomic E-state index is 0.0485. The van der Waals surface area contributed by atoms with Crippen LogP contribution in [0.25, 0.3) is 0 Å². The van der Waals surface area contributed by atoms with Crippen molar-refractivity contribution in [3.05, 3.63) is 10.0 Å². The lowest BCUT2D eigenvalue weighted by atomic mass is 10.2. The van der Waals surface area contributed by atoms with Crippen LogP contribution in [0, 0.1) is 0 Å². The van der Waals surface area contributed by atoms with Crippen LogP contribution in [0.15, 0.2) is 0 Å². The van der Waals surface area contributed by atoms with Crippen molar-refractivity contribution in [2.75, 3.05) is 6.61 Å². The highest BCUT2D eigenvalue weighted by atomic mass is 35.5. The fraction of sp³-hybridized carbons (Fsp3) is 0.750. The molecule has 0 spiro atoms. The molecule has 0 N–H and O–H groups in total. The van der Waals surface area contributed by atoms with Crippen LogP contribution in [0.4, 0.5) is 0 Å². The van der Waals surface area contributed by atoms with Gasteiger partial charge in [0.1, 0.15) is 16.1 Å². The standard InChI is InChI=1S/C8H11ClN2OS/c1-5(9)7-10-11-8(13-7)6-3-2-4-12-6/h5-6H,2-4H2,1H3. The van der Waals surface area contributed by atoms with Crippen LogP contribution in [0.2, 0.25) is 0 Å². The fourth-order valence-electron chi connectivity index (χ4n) is 1.31. The first-order valence-corrected chi connectivity index (χ1v) is 5.61. The van der Waals surface area contributed by atoms with Crippen molar-refractivity contribution >= 4 is 22.9 Å². The maximum absolute atomic E-state index is 5.89. The summed E-state index contributed by atoms with van der Waals surface area (Å²) in [5, 5.41) is 9.90. The normalized spacial score (nSPS) is 24.9. The summed E-state index contributed by atoms with van der Waals surface area (Å²) in [6.45, 7) is 2.75. The van der Waals surface area contributed by atoms with E-state index in [4.69, 9.17) is 16.3 Å². The molecule has 2 rings (SSSR count). The molecule has 1 saturated heterocycles.